The van der Waals surface area contributed by atoms with Crippen molar-refractivity contribution >= 4 is 28.6 Å². The van der Waals surface area contributed by atoms with Crippen LogP contribution in [0.2, 0.25) is 0 Å². The van der Waals surface area contributed by atoms with E-state index < -0.39 is 0 Å². The molecule has 0 amide bonds. The molecule has 3 nitrogen and oxygen atoms in total. The minimum atomic E-state index is 0.734. The second kappa shape index (κ2) is 7.96. The Bertz CT molecular complexity index is 475. The zero-order valence-electron chi connectivity index (χ0n) is 11.1. The van der Waals surface area contributed by atoms with Crippen LogP contribution >= 0.6 is 22.7 Å². The highest BCUT2D eigenvalue weighted by Crippen LogP contribution is 2.08. The van der Waals surface area contributed by atoms with Crippen LogP contribution in [0.4, 0.5) is 0 Å². The number of hydrogen-bond donors (Lipinski definition) is 2. The molecule has 2 aromatic heterocycles. The second-order valence-electron chi connectivity index (χ2n) is 4.08. The molecule has 0 saturated heterocycles. The van der Waals surface area contributed by atoms with Gasteiger partial charge >= 0.3 is 0 Å². The summed E-state index contributed by atoms with van der Waals surface area (Å²) in [7, 11) is 0. The molecule has 2 N–H and O–H groups in total. The number of rotatable bonds is 6. The third-order valence-electron chi connectivity index (χ3n) is 2.59. The van der Waals surface area contributed by atoms with E-state index in [1.807, 2.05) is 0 Å². The van der Waals surface area contributed by atoms with Gasteiger partial charge in [-0.15, -0.1) is 11.3 Å². The molecule has 0 radical (unpaired) electrons. The van der Waals surface area contributed by atoms with Gasteiger partial charge in [-0.2, -0.15) is 11.3 Å². The first-order chi connectivity index (χ1) is 9.38. The number of guanidine groups is 1. The van der Waals surface area contributed by atoms with E-state index in [1.165, 1.54) is 10.4 Å². The van der Waals surface area contributed by atoms with Crippen molar-refractivity contribution in [2.75, 3.05) is 13.1 Å². The highest BCUT2D eigenvalue weighted by molar-refractivity contribution is 7.09. The Balaban J connectivity index is 1.79. The zero-order valence-corrected chi connectivity index (χ0v) is 12.7. The molecule has 2 heterocycles. The second-order valence-corrected chi connectivity index (χ2v) is 5.90. The highest BCUT2D eigenvalue weighted by atomic mass is 32.1. The Hall–Kier alpha value is -1.33. The predicted octanol–water partition coefficient (Wildman–Crippen LogP) is 3.11. The normalized spacial score (nSPS) is 11.5. The number of hydrogen-bond acceptors (Lipinski definition) is 3. The lowest BCUT2D eigenvalue weighted by atomic mass is 10.3. The molecule has 0 bridgehead atoms. The molecule has 0 aliphatic rings. The molecule has 2 aromatic rings. The number of nitrogens with one attached hydrogen (secondary N) is 2. The molecule has 0 aromatic carbocycles. The van der Waals surface area contributed by atoms with Crippen molar-refractivity contribution in [1.29, 1.82) is 0 Å². The van der Waals surface area contributed by atoms with Gasteiger partial charge in [-0.3, -0.25) is 0 Å². The van der Waals surface area contributed by atoms with E-state index in [4.69, 9.17) is 0 Å². The first kappa shape index (κ1) is 14.1. The van der Waals surface area contributed by atoms with Gasteiger partial charge in [0.1, 0.15) is 0 Å². The Morgan fingerprint density at radius 2 is 2.21 bits per heavy atom. The molecule has 19 heavy (non-hydrogen) atoms. The van der Waals surface area contributed by atoms with Gasteiger partial charge in [-0.25, -0.2) is 4.99 Å². The summed E-state index contributed by atoms with van der Waals surface area (Å²) in [6, 6.07) is 6.38. The van der Waals surface area contributed by atoms with E-state index in [2.05, 4.69) is 56.9 Å². The van der Waals surface area contributed by atoms with Crippen molar-refractivity contribution in [3.63, 3.8) is 0 Å². The number of thiophene rings is 2. The summed E-state index contributed by atoms with van der Waals surface area (Å²) in [5.74, 6) is 0.894. The summed E-state index contributed by atoms with van der Waals surface area (Å²) in [4.78, 5) is 5.98. The molecule has 0 unspecified atom stereocenters. The molecule has 102 valence electrons. The molecule has 0 spiro atoms. The average molecular weight is 293 g/mol. The van der Waals surface area contributed by atoms with Crippen molar-refractivity contribution in [2.24, 2.45) is 4.99 Å². The Morgan fingerprint density at radius 1 is 1.26 bits per heavy atom. The van der Waals surface area contributed by atoms with Gasteiger partial charge in [-0.1, -0.05) is 6.07 Å². The van der Waals surface area contributed by atoms with Crippen LogP contribution in [0.3, 0.4) is 0 Å². The minimum Gasteiger partial charge on any atom is -0.357 e. The summed E-state index contributed by atoms with van der Waals surface area (Å²) < 4.78 is 0. The molecule has 2 rings (SSSR count). The third-order valence-corrected chi connectivity index (χ3v) is 4.26. The van der Waals surface area contributed by atoms with Gasteiger partial charge in [-0.05, 0) is 47.2 Å². The summed E-state index contributed by atoms with van der Waals surface area (Å²) in [6.45, 7) is 4.61. The van der Waals surface area contributed by atoms with Crippen LogP contribution in [0, 0.1) is 0 Å². The van der Waals surface area contributed by atoms with Crippen molar-refractivity contribution in [1.82, 2.24) is 10.6 Å². The van der Waals surface area contributed by atoms with Crippen molar-refractivity contribution in [2.45, 2.75) is 19.9 Å². The van der Waals surface area contributed by atoms with Crippen molar-refractivity contribution in [3.8, 4) is 0 Å². The van der Waals surface area contributed by atoms with Gasteiger partial charge in [0.2, 0.25) is 0 Å². The van der Waals surface area contributed by atoms with E-state index in [1.54, 1.807) is 22.7 Å². The van der Waals surface area contributed by atoms with Crippen LogP contribution in [0.25, 0.3) is 0 Å². The minimum absolute atomic E-state index is 0.734. The van der Waals surface area contributed by atoms with Gasteiger partial charge in [0.25, 0.3) is 0 Å². The van der Waals surface area contributed by atoms with E-state index in [9.17, 15) is 0 Å². The van der Waals surface area contributed by atoms with Crippen molar-refractivity contribution < 1.29 is 0 Å². The fraction of sp³-hybridized carbons (Fsp3) is 0.357. The van der Waals surface area contributed by atoms with E-state index in [0.29, 0.717) is 0 Å². The van der Waals surface area contributed by atoms with E-state index >= 15 is 0 Å². The molecule has 0 aliphatic heterocycles. The van der Waals surface area contributed by atoms with Crippen LogP contribution in [-0.4, -0.2) is 19.0 Å². The van der Waals surface area contributed by atoms with Crippen molar-refractivity contribution in [3.05, 3.63) is 44.8 Å². The Labute approximate surface area is 122 Å². The summed E-state index contributed by atoms with van der Waals surface area (Å²) >= 11 is 3.51. The van der Waals surface area contributed by atoms with Crippen LogP contribution in [0.1, 0.15) is 17.4 Å². The molecule has 5 heteroatoms. The largest absolute Gasteiger partial charge is 0.357 e. The fourth-order valence-electron chi connectivity index (χ4n) is 1.65. The lowest BCUT2D eigenvalue weighted by Crippen LogP contribution is -2.38. The summed E-state index contributed by atoms with van der Waals surface area (Å²) in [6.07, 6.45) is 1.04. The number of nitrogens with zero attached hydrogens (tertiary/aromatic N) is 1. The van der Waals surface area contributed by atoms with E-state index in [-0.39, 0.29) is 0 Å². The SMILES string of the molecule is CCNC(=NCc1ccsc1)NCCc1cccs1. The quantitative estimate of drug-likeness (QED) is 0.634. The lowest BCUT2D eigenvalue weighted by Gasteiger charge is -2.10. The maximum Gasteiger partial charge on any atom is 0.191 e. The molecule has 0 atom stereocenters. The Morgan fingerprint density at radius 3 is 2.89 bits per heavy atom. The van der Waals surface area contributed by atoms with Gasteiger partial charge in [0.15, 0.2) is 5.96 Å². The maximum absolute atomic E-state index is 4.58. The third kappa shape index (κ3) is 5.04. The standard InChI is InChI=1S/C14H19N3S2/c1-2-15-14(17-10-12-6-9-18-11-12)16-7-5-13-4-3-8-19-13/h3-4,6,8-9,11H,2,5,7,10H2,1H3,(H2,15,16,17). The summed E-state index contributed by atoms with van der Waals surface area (Å²) in [5.41, 5.74) is 1.26. The predicted molar refractivity (Wildman–Crippen MR) is 85.2 cm³/mol. The molecule has 0 fully saturated rings. The van der Waals surface area contributed by atoms with Crippen LogP contribution in [-0.2, 0) is 13.0 Å². The van der Waals surface area contributed by atoms with Crippen LogP contribution < -0.4 is 10.6 Å². The smallest absolute Gasteiger partial charge is 0.191 e. The zero-order chi connectivity index (χ0) is 13.3. The first-order valence-electron chi connectivity index (χ1n) is 6.44. The van der Waals surface area contributed by atoms with Crippen LogP contribution in [0.15, 0.2) is 39.3 Å². The monoisotopic (exact) mass is 293 g/mol. The molecular weight excluding hydrogens is 274 g/mol. The highest BCUT2D eigenvalue weighted by Gasteiger charge is 1.98. The number of aliphatic imine (C=N–C) groups is 1. The molecule has 0 aliphatic carbocycles. The fourth-order valence-corrected chi connectivity index (χ4v) is 3.02. The van der Waals surface area contributed by atoms with Gasteiger partial charge in [0, 0.05) is 18.0 Å². The van der Waals surface area contributed by atoms with Gasteiger partial charge in [0.05, 0.1) is 6.54 Å². The maximum atomic E-state index is 4.58. The topological polar surface area (TPSA) is 36.4 Å². The first-order valence-corrected chi connectivity index (χ1v) is 8.26. The average Bonchev–Trinajstić information content (AvgIpc) is 3.09. The van der Waals surface area contributed by atoms with Crippen LogP contribution in [0.5, 0.6) is 0 Å². The van der Waals surface area contributed by atoms with Gasteiger partial charge < -0.3 is 10.6 Å². The molecule has 0 saturated carbocycles. The molecular formula is C14H19N3S2. The lowest BCUT2D eigenvalue weighted by molar-refractivity contribution is 0.805. The Kier molecular flexibility index (Phi) is 5.91. The summed E-state index contributed by atoms with van der Waals surface area (Å²) in [5, 5.41) is 13.0. The van der Waals surface area contributed by atoms with E-state index in [0.717, 1.165) is 32.0 Å².